The van der Waals surface area contributed by atoms with E-state index in [1.165, 1.54) is 6.07 Å². The Hall–Kier alpha value is -2.08. The molecule has 112 valence electrons. The summed E-state index contributed by atoms with van der Waals surface area (Å²) in [6.45, 7) is -0.303. The van der Waals surface area contributed by atoms with Gasteiger partial charge in [0.15, 0.2) is 0 Å². The zero-order valence-corrected chi connectivity index (χ0v) is 12.2. The number of hydrogen-bond acceptors (Lipinski definition) is 4. The van der Waals surface area contributed by atoms with E-state index in [2.05, 4.69) is 5.32 Å². The number of benzene rings is 1. The van der Waals surface area contributed by atoms with Crippen LogP contribution < -0.4 is 11.1 Å². The smallest absolute Gasteiger partial charge is 0.244 e. The zero-order chi connectivity index (χ0) is 15.4. The van der Waals surface area contributed by atoms with Crippen LogP contribution in [0.15, 0.2) is 18.2 Å². The van der Waals surface area contributed by atoms with E-state index in [1.54, 1.807) is 12.1 Å². The summed E-state index contributed by atoms with van der Waals surface area (Å²) in [5.74, 6) is -1.11. The largest absolute Gasteiger partial charge is 0.399 e. The first kappa shape index (κ1) is 15.3. The highest BCUT2D eigenvalue weighted by Gasteiger charge is 2.26. The van der Waals surface area contributed by atoms with Gasteiger partial charge in [-0.05, 0) is 31.0 Å². The highest BCUT2D eigenvalue weighted by atomic mass is 35.5. The molecule has 0 unspecified atom stereocenters. The van der Waals surface area contributed by atoms with E-state index in [0.29, 0.717) is 29.2 Å². The maximum absolute atomic E-state index is 12.0. The molecule has 0 atom stereocenters. The van der Waals surface area contributed by atoms with Crippen LogP contribution in [0.5, 0.6) is 0 Å². The van der Waals surface area contributed by atoms with Crippen LogP contribution in [0.1, 0.15) is 25.7 Å². The van der Waals surface area contributed by atoms with Gasteiger partial charge in [0.1, 0.15) is 6.54 Å². The molecule has 0 radical (unpaired) electrons. The summed E-state index contributed by atoms with van der Waals surface area (Å²) >= 11 is 5.95. The van der Waals surface area contributed by atoms with Gasteiger partial charge in [-0.25, -0.2) is 0 Å². The molecule has 0 bridgehead atoms. The highest BCUT2D eigenvalue weighted by molar-refractivity contribution is 6.33. The Labute approximate surface area is 127 Å². The van der Waals surface area contributed by atoms with Gasteiger partial charge in [0.25, 0.3) is 0 Å². The standard InChI is InChI=1S/C14H16ClN3O3/c15-10-6-5-9(16)7-11(10)17-12(19)8-18-13(20)3-1-2-4-14(18)21/h5-7H,1-4,8,16H2,(H,17,19). The number of nitrogens with zero attached hydrogens (tertiary/aromatic N) is 1. The Morgan fingerprint density at radius 1 is 1.24 bits per heavy atom. The quantitative estimate of drug-likeness (QED) is 0.657. The van der Waals surface area contributed by atoms with E-state index in [9.17, 15) is 14.4 Å². The van der Waals surface area contributed by atoms with E-state index in [4.69, 9.17) is 17.3 Å². The van der Waals surface area contributed by atoms with Crippen LogP contribution in [-0.4, -0.2) is 29.2 Å². The van der Waals surface area contributed by atoms with Crippen LogP contribution in [0, 0.1) is 0 Å². The second-order valence-electron chi connectivity index (χ2n) is 4.87. The lowest BCUT2D eigenvalue weighted by Crippen LogP contribution is -2.41. The summed E-state index contributed by atoms with van der Waals surface area (Å²) < 4.78 is 0. The molecular weight excluding hydrogens is 294 g/mol. The molecule has 1 aliphatic rings. The predicted octanol–water partition coefficient (Wildman–Crippen LogP) is 1.79. The first-order chi connectivity index (χ1) is 9.97. The number of imide groups is 1. The monoisotopic (exact) mass is 309 g/mol. The fraction of sp³-hybridized carbons (Fsp3) is 0.357. The number of rotatable bonds is 3. The van der Waals surface area contributed by atoms with Crippen molar-refractivity contribution in [2.75, 3.05) is 17.6 Å². The predicted molar refractivity (Wildman–Crippen MR) is 79.7 cm³/mol. The lowest BCUT2D eigenvalue weighted by molar-refractivity contribution is -0.146. The molecular formula is C14H16ClN3O3. The Morgan fingerprint density at radius 2 is 1.86 bits per heavy atom. The van der Waals surface area contributed by atoms with E-state index >= 15 is 0 Å². The Bertz CT molecular complexity index is 571. The fourth-order valence-electron chi connectivity index (χ4n) is 2.11. The first-order valence-corrected chi connectivity index (χ1v) is 7.03. The van der Waals surface area contributed by atoms with Gasteiger partial charge in [-0.1, -0.05) is 11.6 Å². The number of nitrogens with one attached hydrogen (secondary N) is 1. The Balaban J connectivity index is 2.05. The minimum atomic E-state index is -0.480. The number of hydrogen-bond donors (Lipinski definition) is 2. The molecule has 3 N–H and O–H groups in total. The molecule has 0 aromatic heterocycles. The molecule has 1 aromatic carbocycles. The van der Waals surface area contributed by atoms with Crippen molar-refractivity contribution in [2.24, 2.45) is 0 Å². The average molecular weight is 310 g/mol. The summed E-state index contributed by atoms with van der Waals surface area (Å²) in [4.78, 5) is 36.6. The van der Waals surface area contributed by atoms with Gasteiger partial charge in [-0.2, -0.15) is 0 Å². The van der Waals surface area contributed by atoms with E-state index < -0.39 is 5.91 Å². The zero-order valence-electron chi connectivity index (χ0n) is 11.4. The Morgan fingerprint density at radius 3 is 2.48 bits per heavy atom. The number of anilines is 2. The van der Waals surface area contributed by atoms with Crippen molar-refractivity contribution in [1.82, 2.24) is 4.90 Å². The third-order valence-electron chi connectivity index (χ3n) is 3.20. The molecule has 0 spiro atoms. The average Bonchev–Trinajstić information content (AvgIpc) is 2.58. The molecule has 21 heavy (non-hydrogen) atoms. The van der Waals surface area contributed by atoms with Gasteiger partial charge >= 0.3 is 0 Å². The summed E-state index contributed by atoms with van der Waals surface area (Å²) in [6, 6.07) is 4.70. The number of nitrogen functional groups attached to an aromatic ring is 1. The minimum Gasteiger partial charge on any atom is -0.399 e. The lowest BCUT2D eigenvalue weighted by atomic mass is 10.2. The third kappa shape index (κ3) is 3.95. The molecule has 2 rings (SSSR count). The fourth-order valence-corrected chi connectivity index (χ4v) is 2.27. The Kier molecular flexibility index (Phi) is 4.80. The second-order valence-corrected chi connectivity index (χ2v) is 5.28. The normalized spacial score (nSPS) is 15.8. The molecule has 1 aliphatic heterocycles. The van der Waals surface area contributed by atoms with Crippen molar-refractivity contribution >= 4 is 40.7 Å². The molecule has 1 saturated heterocycles. The van der Waals surface area contributed by atoms with Gasteiger partial charge in [0.2, 0.25) is 17.7 Å². The molecule has 1 fully saturated rings. The van der Waals surface area contributed by atoms with Crippen molar-refractivity contribution in [3.63, 3.8) is 0 Å². The number of likely N-dealkylation sites (tertiary alicyclic amines) is 1. The molecule has 1 heterocycles. The van der Waals surface area contributed by atoms with E-state index in [1.807, 2.05) is 0 Å². The van der Waals surface area contributed by atoms with Crippen LogP contribution >= 0.6 is 11.6 Å². The summed E-state index contributed by atoms with van der Waals surface area (Å²) in [7, 11) is 0. The molecule has 6 nitrogen and oxygen atoms in total. The van der Waals surface area contributed by atoms with Crippen LogP contribution in [0.3, 0.4) is 0 Å². The van der Waals surface area contributed by atoms with Gasteiger partial charge < -0.3 is 11.1 Å². The van der Waals surface area contributed by atoms with Crippen LogP contribution in [0.4, 0.5) is 11.4 Å². The van der Waals surface area contributed by atoms with Crippen LogP contribution in [0.2, 0.25) is 5.02 Å². The van der Waals surface area contributed by atoms with Crippen molar-refractivity contribution in [3.8, 4) is 0 Å². The molecule has 0 aliphatic carbocycles. The molecule has 7 heteroatoms. The maximum atomic E-state index is 12.0. The van der Waals surface area contributed by atoms with E-state index in [-0.39, 0.29) is 31.2 Å². The van der Waals surface area contributed by atoms with Crippen molar-refractivity contribution in [1.29, 1.82) is 0 Å². The van der Waals surface area contributed by atoms with Crippen molar-refractivity contribution in [2.45, 2.75) is 25.7 Å². The summed E-state index contributed by atoms with van der Waals surface area (Å²) in [6.07, 6.45) is 1.92. The van der Waals surface area contributed by atoms with Gasteiger partial charge in [0.05, 0.1) is 10.7 Å². The summed E-state index contributed by atoms with van der Waals surface area (Å²) in [5, 5.41) is 2.90. The van der Waals surface area contributed by atoms with Gasteiger partial charge in [-0.15, -0.1) is 0 Å². The van der Waals surface area contributed by atoms with Crippen LogP contribution in [0.25, 0.3) is 0 Å². The molecule has 1 aromatic rings. The van der Waals surface area contributed by atoms with Crippen LogP contribution in [-0.2, 0) is 14.4 Å². The maximum Gasteiger partial charge on any atom is 0.244 e. The second kappa shape index (κ2) is 6.58. The molecule has 0 saturated carbocycles. The number of nitrogens with two attached hydrogens (primary N) is 1. The topological polar surface area (TPSA) is 92.5 Å². The summed E-state index contributed by atoms with van der Waals surface area (Å²) in [5.41, 5.74) is 6.44. The van der Waals surface area contributed by atoms with Gasteiger partial charge in [0, 0.05) is 18.5 Å². The van der Waals surface area contributed by atoms with Crippen molar-refractivity contribution < 1.29 is 14.4 Å². The SMILES string of the molecule is Nc1ccc(Cl)c(NC(=O)CN2C(=O)CCCCC2=O)c1. The minimum absolute atomic E-state index is 0.290. The van der Waals surface area contributed by atoms with E-state index in [0.717, 1.165) is 4.90 Å². The molecule has 3 amide bonds. The highest BCUT2D eigenvalue weighted by Crippen LogP contribution is 2.24. The number of amides is 3. The number of halogens is 1. The van der Waals surface area contributed by atoms with Crippen molar-refractivity contribution in [3.05, 3.63) is 23.2 Å². The van der Waals surface area contributed by atoms with Gasteiger partial charge in [-0.3, -0.25) is 19.3 Å². The number of carbonyl (C=O) groups is 3. The first-order valence-electron chi connectivity index (χ1n) is 6.65. The number of carbonyl (C=O) groups excluding carboxylic acids is 3. The lowest BCUT2D eigenvalue weighted by Gasteiger charge is -2.18. The third-order valence-corrected chi connectivity index (χ3v) is 3.53.